The Morgan fingerprint density at radius 2 is 1.61 bits per heavy atom. The molecule has 2 heterocycles. The highest BCUT2D eigenvalue weighted by atomic mass is 16.4. The third-order valence-corrected chi connectivity index (χ3v) is 5.66. The van der Waals surface area contributed by atoms with E-state index >= 15 is 0 Å². The van der Waals surface area contributed by atoms with Gasteiger partial charge in [-0.3, -0.25) is 4.79 Å². The highest BCUT2D eigenvalue weighted by Crippen LogP contribution is 2.20. The third-order valence-electron chi connectivity index (χ3n) is 5.66. The predicted octanol–water partition coefficient (Wildman–Crippen LogP) is -0.809. The van der Waals surface area contributed by atoms with Crippen LogP contribution in [0.5, 0.6) is 0 Å². The molecule has 0 atom stereocenters. The minimum absolute atomic E-state index is 0.107. The van der Waals surface area contributed by atoms with Crippen molar-refractivity contribution in [2.24, 2.45) is 5.10 Å². The zero-order valence-corrected chi connectivity index (χ0v) is 18.5. The van der Waals surface area contributed by atoms with Crippen LogP contribution in [-0.2, 0) is 20.9 Å². The average molecular weight is 453 g/mol. The van der Waals surface area contributed by atoms with E-state index in [1.54, 1.807) is 5.01 Å². The van der Waals surface area contributed by atoms with Crippen LogP contribution in [0.15, 0.2) is 65.8 Å². The summed E-state index contributed by atoms with van der Waals surface area (Å²) in [6, 6.07) is 20.7. The second-order valence-corrected chi connectivity index (χ2v) is 8.15. The molecule has 9 heteroatoms. The Hall–Kier alpha value is -3.72. The normalized spacial score (nSPS) is 20.4. The number of piperidine rings is 1. The number of quaternary nitrogens is 1. The number of carboxylic acids is 2. The number of nitrogens with zero attached hydrogens (tertiary/aromatic N) is 3. The van der Waals surface area contributed by atoms with E-state index in [0.29, 0.717) is 13.1 Å². The van der Waals surface area contributed by atoms with Gasteiger partial charge < -0.3 is 24.8 Å². The molecule has 174 valence electrons. The lowest BCUT2D eigenvalue weighted by molar-refractivity contribution is -0.885. The molecule has 1 amide bonds. The molecule has 9 nitrogen and oxygen atoms in total. The zero-order valence-electron chi connectivity index (χ0n) is 18.5. The van der Waals surface area contributed by atoms with Gasteiger partial charge >= 0.3 is 5.97 Å². The summed E-state index contributed by atoms with van der Waals surface area (Å²) in [4.78, 5) is 34.6. The standard InChI is InChI=1S/C22H26N4O.C2H2O4/c1-24-14-12-20(13-15-24)26-21(27)17-25(16-18-8-4-2-5-9-18)22(23-26)19-10-6-3-7-11-19;3-1(4)2(5)6/h2-11,20H,12-17H2,1H3;(H,3,4)(H,5,6). The number of carboxylic acid groups (broad SMARTS) is 2. The van der Waals surface area contributed by atoms with Gasteiger partial charge in [-0.1, -0.05) is 60.7 Å². The van der Waals surface area contributed by atoms with Gasteiger partial charge in [0.1, 0.15) is 6.54 Å². The lowest BCUT2D eigenvalue weighted by Crippen LogP contribution is -3.10. The van der Waals surface area contributed by atoms with Crippen LogP contribution < -0.4 is 10.0 Å². The molecule has 2 aromatic carbocycles. The first-order chi connectivity index (χ1) is 15.8. The number of amidine groups is 1. The van der Waals surface area contributed by atoms with E-state index in [0.717, 1.165) is 37.3 Å². The average Bonchev–Trinajstić information content (AvgIpc) is 2.81. The molecule has 0 saturated carbocycles. The van der Waals surface area contributed by atoms with Crippen LogP contribution in [0.4, 0.5) is 0 Å². The molecule has 0 unspecified atom stereocenters. The van der Waals surface area contributed by atoms with Crippen LogP contribution >= 0.6 is 0 Å². The van der Waals surface area contributed by atoms with Gasteiger partial charge in [-0.15, -0.1) is 0 Å². The van der Waals surface area contributed by atoms with Gasteiger partial charge in [-0.25, -0.2) is 9.80 Å². The molecular formula is C24H28N4O5. The van der Waals surface area contributed by atoms with Crippen molar-refractivity contribution in [3.05, 3.63) is 71.8 Å². The molecule has 1 saturated heterocycles. The first-order valence-electron chi connectivity index (χ1n) is 10.9. The monoisotopic (exact) mass is 452 g/mol. The molecule has 0 bridgehead atoms. The first kappa shape index (κ1) is 23.9. The van der Waals surface area contributed by atoms with Crippen LogP contribution in [0.2, 0.25) is 0 Å². The second kappa shape index (κ2) is 11.2. The van der Waals surface area contributed by atoms with Gasteiger partial charge in [-0.05, 0) is 5.56 Å². The second-order valence-electron chi connectivity index (χ2n) is 8.15. The maximum absolute atomic E-state index is 12.9. The lowest BCUT2D eigenvalue weighted by atomic mass is 10.0. The summed E-state index contributed by atoms with van der Waals surface area (Å²) in [7, 11) is 2.22. The molecule has 0 radical (unpaired) electrons. The van der Waals surface area contributed by atoms with Crippen molar-refractivity contribution in [2.45, 2.75) is 25.4 Å². The van der Waals surface area contributed by atoms with Gasteiger partial charge in [-0.2, -0.15) is 5.10 Å². The van der Waals surface area contributed by atoms with E-state index in [-0.39, 0.29) is 11.9 Å². The molecule has 2 N–H and O–H groups in total. The summed E-state index contributed by atoms with van der Waals surface area (Å²) in [5, 5.41) is 23.0. The SMILES string of the molecule is C[NH+]1CCC(N2N=C(c3ccccc3)N(Cc3ccccc3)CC2=O)CC1.O=C([O-])C(=O)O. The quantitative estimate of drug-likeness (QED) is 0.586. The van der Waals surface area contributed by atoms with Gasteiger partial charge in [0.05, 0.1) is 26.2 Å². The summed E-state index contributed by atoms with van der Waals surface area (Å²) >= 11 is 0. The molecule has 0 spiro atoms. The fourth-order valence-corrected chi connectivity index (χ4v) is 3.92. The van der Waals surface area contributed by atoms with Gasteiger partial charge in [0.25, 0.3) is 5.91 Å². The van der Waals surface area contributed by atoms with Crippen molar-refractivity contribution >= 4 is 23.7 Å². The maximum atomic E-state index is 12.9. The molecule has 1 fully saturated rings. The van der Waals surface area contributed by atoms with Crippen molar-refractivity contribution in [2.75, 3.05) is 26.7 Å². The topological polar surface area (TPSA) is 118 Å². The minimum atomic E-state index is -2.07. The summed E-state index contributed by atoms with van der Waals surface area (Å²) in [6.07, 6.45) is 2.03. The lowest BCUT2D eigenvalue weighted by Gasteiger charge is -2.39. The Morgan fingerprint density at radius 3 is 2.15 bits per heavy atom. The number of benzene rings is 2. The zero-order chi connectivity index (χ0) is 23.8. The van der Waals surface area contributed by atoms with Gasteiger partial charge in [0.15, 0.2) is 11.8 Å². The van der Waals surface area contributed by atoms with E-state index in [1.165, 1.54) is 10.5 Å². The number of likely N-dealkylation sites (tertiary alicyclic amines) is 1. The first-order valence-corrected chi connectivity index (χ1v) is 10.9. The fourth-order valence-electron chi connectivity index (χ4n) is 3.92. The van der Waals surface area contributed by atoms with Crippen LogP contribution in [0.3, 0.4) is 0 Å². The number of carbonyl (C=O) groups excluding carboxylic acids is 2. The van der Waals surface area contributed by atoms with Gasteiger partial charge in [0, 0.05) is 24.9 Å². The van der Waals surface area contributed by atoms with E-state index < -0.39 is 11.9 Å². The number of aliphatic carboxylic acids is 2. The molecule has 0 aromatic heterocycles. The predicted molar refractivity (Wildman–Crippen MR) is 119 cm³/mol. The maximum Gasteiger partial charge on any atom is 0.351 e. The number of hydrogen-bond donors (Lipinski definition) is 2. The minimum Gasteiger partial charge on any atom is -0.539 e. The molecule has 2 aliphatic heterocycles. The summed E-state index contributed by atoms with van der Waals surface area (Å²) in [5.41, 5.74) is 2.25. The number of rotatable bonds is 4. The Labute approximate surface area is 192 Å². The van der Waals surface area contributed by atoms with Crippen molar-refractivity contribution in [1.29, 1.82) is 0 Å². The van der Waals surface area contributed by atoms with E-state index in [9.17, 15) is 4.79 Å². The number of carbonyl (C=O) groups is 3. The number of hydrogen-bond acceptors (Lipinski definition) is 6. The van der Waals surface area contributed by atoms with Crippen molar-refractivity contribution in [1.82, 2.24) is 9.91 Å². The van der Waals surface area contributed by atoms with Crippen LogP contribution in [0, 0.1) is 0 Å². The van der Waals surface area contributed by atoms with E-state index in [1.807, 2.05) is 36.4 Å². The van der Waals surface area contributed by atoms with Gasteiger partial charge in [0.2, 0.25) is 0 Å². The van der Waals surface area contributed by atoms with E-state index in [2.05, 4.69) is 36.2 Å². The van der Waals surface area contributed by atoms with Crippen LogP contribution in [0.25, 0.3) is 0 Å². The molecule has 2 aliphatic rings. The molecule has 0 aliphatic carbocycles. The number of hydrazone groups is 1. The smallest absolute Gasteiger partial charge is 0.351 e. The Kier molecular flexibility index (Phi) is 8.15. The van der Waals surface area contributed by atoms with Crippen LogP contribution in [-0.4, -0.2) is 71.4 Å². The van der Waals surface area contributed by atoms with Crippen molar-refractivity contribution in [3.8, 4) is 0 Å². The summed E-state index contributed by atoms with van der Waals surface area (Å²) in [5.74, 6) is -3.01. The molecule has 2 aromatic rings. The van der Waals surface area contributed by atoms with Crippen molar-refractivity contribution in [3.63, 3.8) is 0 Å². The highest BCUT2D eigenvalue weighted by Gasteiger charge is 2.34. The third kappa shape index (κ3) is 6.63. The highest BCUT2D eigenvalue weighted by molar-refractivity contribution is 6.26. The molecular weight excluding hydrogens is 424 g/mol. The summed E-state index contributed by atoms with van der Waals surface area (Å²) in [6.45, 7) is 3.25. The van der Waals surface area contributed by atoms with Crippen LogP contribution in [0.1, 0.15) is 24.0 Å². The molecule has 33 heavy (non-hydrogen) atoms. The number of amides is 1. The Bertz CT molecular complexity index is 976. The largest absolute Gasteiger partial charge is 0.539 e. The fraction of sp³-hybridized carbons (Fsp3) is 0.333. The Morgan fingerprint density at radius 1 is 1.06 bits per heavy atom. The summed E-state index contributed by atoms with van der Waals surface area (Å²) < 4.78 is 0. The molecule has 4 rings (SSSR count). The Balaban J connectivity index is 0.000000454. The number of nitrogens with one attached hydrogen (secondary N) is 1. The van der Waals surface area contributed by atoms with E-state index in [4.69, 9.17) is 24.9 Å². The van der Waals surface area contributed by atoms with Crippen molar-refractivity contribution < 1.29 is 29.5 Å².